The molecule has 7 heteroatoms. The fourth-order valence-corrected chi connectivity index (χ4v) is 3.27. The van der Waals surface area contributed by atoms with Crippen molar-refractivity contribution in [1.82, 2.24) is 9.97 Å². The van der Waals surface area contributed by atoms with Gasteiger partial charge in [-0.1, -0.05) is 18.2 Å². The lowest BCUT2D eigenvalue weighted by molar-refractivity contribution is -0.111. The van der Waals surface area contributed by atoms with Crippen molar-refractivity contribution in [3.8, 4) is 17.1 Å². The number of nitrogens with zero attached hydrogens (tertiary/aromatic N) is 2. The summed E-state index contributed by atoms with van der Waals surface area (Å²) in [5.74, 6) is 0.934. The van der Waals surface area contributed by atoms with Gasteiger partial charge in [0.25, 0.3) is 0 Å². The van der Waals surface area contributed by atoms with E-state index in [0.29, 0.717) is 22.2 Å². The molecule has 0 radical (unpaired) electrons. The first kappa shape index (κ1) is 17.0. The number of fused-ring (bicyclic) bond motifs is 1. The van der Waals surface area contributed by atoms with Crippen LogP contribution >= 0.6 is 11.3 Å². The van der Waals surface area contributed by atoms with Gasteiger partial charge in [0, 0.05) is 23.0 Å². The van der Waals surface area contributed by atoms with E-state index in [1.54, 1.807) is 19.4 Å². The molecule has 4 aromatic rings. The second-order valence-corrected chi connectivity index (χ2v) is 6.46. The normalized spacial score (nSPS) is 11.1. The third-order valence-corrected chi connectivity index (χ3v) is 4.57. The summed E-state index contributed by atoms with van der Waals surface area (Å²) in [5.41, 5.74) is 2.14. The van der Waals surface area contributed by atoms with Crippen LogP contribution in [-0.4, -0.2) is 23.0 Å². The first-order valence-corrected chi connectivity index (χ1v) is 9.03. The van der Waals surface area contributed by atoms with Gasteiger partial charge in [-0.15, -0.1) is 11.3 Å². The summed E-state index contributed by atoms with van der Waals surface area (Å²) in [4.78, 5) is 20.8. The van der Waals surface area contributed by atoms with E-state index in [-0.39, 0.29) is 5.91 Å². The molecule has 0 unspecified atom stereocenters. The highest BCUT2D eigenvalue weighted by molar-refractivity contribution is 7.14. The number of carbonyl (C=O) groups is 1. The van der Waals surface area contributed by atoms with Crippen LogP contribution in [0.1, 0.15) is 5.76 Å². The lowest BCUT2D eigenvalue weighted by Crippen LogP contribution is -2.07. The number of amides is 1. The summed E-state index contributed by atoms with van der Waals surface area (Å²) in [6, 6.07) is 13.1. The summed E-state index contributed by atoms with van der Waals surface area (Å²) in [6.07, 6.45) is 4.73. The van der Waals surface area contributed by atoms with Crippen molar-refractivity contribution in [3.05, 3.63) is 65.9 Å². The van der Waals surface area contributed by atoms with Gasteiger partial charge in [0.2, 0.25) is 5.91 Å². The minimum Gasteiger partial charge on any atom is -0.493 e. The second kappa shape index (κ2) is 7.43. The minimum absolute atomic E-state index is 0.288. The van der Waals surface area contributed by atoms with Crippen molar-refractivity contribution in [2.24, 2.45) is 0 Å². The standard InChI is InChI=1S/C20H15N3O3S/c1-25-17-7-4-5-13-11-14(26-19(13)17)8-9-18(24)23-20-22-16(12-27-20)15-6-2-3-10-21-15/h2-12H,1H3,(H,22,23,24)/b9-8+. The third-order valence-electron chi connectivity index (χ3n) is 3.81. The number of benzene rings is 1. The van der Waals surface area contributed by atoms with Crippen molar-refractivity contribution in [1.29, 1.82) is 0 Å². The minimum atomic E-state index is -0.288. The van der Waals surface area contributed by atoms with E-state index < -0.39 is 0 Å². The van der Waals surface area contributed by atoms with Crippen LogP contribution in [0.15, 0.2) is 64.5 Å². The molecule has 0 saturated carbocycles. The number of hydrogen-bond donors (Lipinski definition) is 1. The van der Waals surface area contributed by atoms with Crippen LogP contribution in [-0.2, 0) is 4.79 Å². The summed E-state index contributed by atoms with van der Waals surface area (Å²) in [7, 11) is 1.59. The summed E-state index contributed by atoms with van der Waals surface area (Å²) < 4.78 is 11.0. The van der Waals surface area contributed by atoms with Crippen LogP contribution in [0.3, 0.4) is 0 Å². The molecular formula is C20H15N3O3S. The SMILES string of the molecule is COc1cccc2cc(/C=C/C(=O)Nc3nc(-c4ccccn4)cs3)oc12. The van der Waals surface area contributed by atoms with Crippen molar-refractivity contribution in [2.75, 3.05) is 12.4 Å². The van der Waals surface area contributed by atoms with Gasteiger partial charge >= 0.3 is 0 Å². The molecule has 0 aliphatic heterocycles. The van der Waals surface area contributed by atoms with Gasteiger partial charge in [-0.05, 0) is 30.3 Å². The van der Waals surface area contributed by atoms with Crippen molar-refractivity contribution < 1.29 is 13.9 Å². The Kier molecular flexibility index (Phi) is 4.67. The maximum Gasteiger partial charge on any atom is 0.250 e. The number of anilines is 1. The molecule has 3 aromatic heterocycles. The molecule has 1 aromatic carbocycles. The van der Waals surface area contributed by atoms with E-state index in [9.17, 15) is 4.79 Å². The Balaban J connectivity index is 1.46. The van der Waals surface area contributed by atoms with Crippen LogP contribution in [0.4, 0.5) is 5.13 Å². The Bertz CT molecular complexity index is 1120. The van der Waals surface area contributed by atoms with Gasteiger partial charge in [-0.25, -0.2) is 4.98 Å². The molecule has 0 bridgehead atoms. The molecule has 0 saturated heterocycles. The maximum atomic E-state index is 12.2. The van der Waals surface area contributed by atoms with Gasteiger partial charge in [0.15, 0.2) is 16.5 Å². The molecule has 134 valence electrons. The molecule has 0 spiro atoms. The molecular weight excluding hydrogens is 362 g/mol. The van der Waals surface area contributed by atoms with E-state index in [1.165, 1.54) is 17.4 Å². The monoisotopic (exact) mass is 377 g/mol. The van der Waals surface area contributed by atoms with Crippen LogP contribution in [0.25, 0.3) is 28.4 Å². The van der Waals surface area contributed by atoms with Gasteiger partial charge < -0.3 is 9.15 Å². The Hall–Kier alpha value is -3.45. The lowest BCUT2D eigenvalue weighted by atomic mass is 10.2. The Morgan fingerprint density at radius 1 is 1.22 bits per heavy atom. The predicted octanol–water partition coefficient (Wildman–Crippen LogP) is 4.61. The van der Waals surface area contributed by atoms with Gasteiger partial charge in [0.1, 0.15) is 11.5 Å². The molecule has 0 atom stereocenters. The maximum absolute atomic E-state index is 12.2. The van der Waals surface area contributed by atoms with Crippen molar-refractivity contribution in [3.63, 3.8) is 0 Å². The quantitative estimate of drug-likeness (QED) is 0.514. The molecule has 0 aliphatic carbocycles. The largest absolute Gasteiger partial charge is 0.493 e. The van der Waals surface area contributed by atoms with Crippen LogP contribution in [0.5, 0.6) is 5.75 Å². The van der Waals surface area contributed by atoms with E-state index in [4.69, 9.17) is 9.15 Å². The lowest BCUT2D eigenvalue weighted by Gasteiger charge is -1.98. The number of pyridine rings is 1. The molecule has 1 amide bonds. The van der Waals surface area contributed by atoms with Crippen LogP contribution in [0.2, 0.25) is 0 Å². The average molecular weight is 377 g/mol. The summed E-state index contributed by atoms with van der Waals surface area (Å²) >= 11 is 1.35. The van der Waals surface area contributed by atoms with Gasteiger partial charge in [-0.3, -0.25) is 15.1 Å². The van der Waals surface area contributed by atoms with E-state index in [1.807, 2.05) is 47.8 Å². The number of furan rings is 1. The molecule has 3 heterocycles. The smallest absolute Gasteiger partial charge is 0.250 e. The molecule has 1 N–H and O–H groups in total. The highest BCUT2D eigenvalue weighted by Gasteiger charge is 2.09. The molecule has 6 nitrogen and oxygen atoms in total. The fraction of sp³-hybridized carbons (Fsp3) is 0.0500. The highest BCUT2D eigenvalue weighted by atomic mass is 32.1. The Labute approximate surface area is 159 Å². The van der Waals surface area contributed by atoms with Crippen molar-refractivity contribution in [2.45, 2.75) is 0 Å². The fourth-order valence-electron chi connectivity index (χ4n) is 2.57. The number of ether oxygens (including phenoxy) is 1. The second-order valence-electron chi connectivity index (χ2n) is 5.60. The number of thiazole rings is 1. The highest BCUT2D eigenvalue weighted by Crippen LogP contribution is 2.29. The van der Waals surface area contributed by atoms with E-state index in [2.05, 4.69) is 15.3 Å². The first-order valence-electron chi connectivity index (χ1n) is 8.15. The molecule has 0 fully saturated rings. The topological polar surface area (TPSA) is 77.2 Å². The molecule has 4 rings (SSSR count). The number of para-hydroxylation sites is 1. The Morgan fingerprint density at radius 3 is 2.96 bits per heavy atom. The number of carbonyl (C=O) groups excluding carboxylic acids is 1. The number of hydrogen-bond acceptors (Lipinski definition) is 6. The number of rotatable bonds is 5. The summed E-state index contributed by atoms with van der Waals surface area (Å²) in [5, 5.41) is 6.02. The number of aromatic nitrogens is 2. The van der Waals surface area contributed by atoms with E-state index in [0.717, 1.165) is 16.8 Å². The molecule has 27 heavy (non-hydrogen) atoms. The first-order chi connectivity index (χ1) is 13.2. The zero-order valence-corrected chi connectivity index (χ0v) is 15.2. The number of methoxy groups -OCH3 is 1. The predicted molar refractivity (Wildman–Crippen MR) is 106 cm³/mol. The van der Waals surface area contributed by atoms with Crippen LogP contribution < -0.4 is 10.1 Å². The third kappa shape index (κ3) is 3.73. The van der Waals surface area contributed by atoms with Crippen molar-refractivity contribution >= 4 is 39.4 Å². The summed E-state index contributed by atoms with van der Waals surface area (Å²) in [6.45, 7) is 0. The van der Waals surface area contributed by atoms with E-state index >= 15 is 0 Å². The van der Waals surface area contributed by atoms with Gasteiger partial charge in [0.05, 0.1) is 12.8 Å². The average Bonchev–Trinajstić information content (AvgIpc) is 3.33. The zero-order chi connectivity index (χ0) is 18.6. The molecule has 0 aliphatic rings. The Morgan fingerprint density at radius 2 is 2.15 bits per heavy atom. The zero-order valence-electron chi connectivity index (χ0n) is 14.4. The van der Waals surface area contributed by atoms with Gasteiger partial charge in [-0.2, -0.15) is 0 Å². The number of nitrogens with one attached hydrogen (secondary N) is 1. The van der Waals surface area contributed by atoms with Crippen LogP contribution in [0, 0.1) is 0 Å².